The summed E-state index contributed by atoms with van der Waals surface area (Å²) in [7, 11) is 0. The van der Waals surface area contributed by atoms with Gasteiger partial charge >= 0.3 is 0 Å². The number of rotatable bonds is 5. The molecule has 1 aliphatic carbocycles. The molecule has 1 saturated carbocycles. The Kier molecular flexibility index (Phi) is 6.03. The van der Waals surface area contributed by atoms with Gasteiger partial charge in [0, 0.05) is 10.5 Å². The van der Waals surface area contributed by atoms with Crippen molar-refractivity contribution in [1.29, 1.82) is 0 Å². The molecule has 0 radical (unpaired) electrons. The summed E-state index contributed by atoms with van der Waals surface area (Å²) in [5, 5.41) is 3.62. The van der Waals surface area contributed by atoms with Crippen LogP contribution in [0.2, 0.25) is 0 Å². The van der Waals surface area contributed by atoms with Crippen molar-refractivity contribution in [3.05, 3.63) is 34.1 Å². The van der Waals surface area contributed by atoms with E-state index in [2.05, 4.69) is 35.1 Å². The first-order valence-electron chi connectivity index (χ1n) is 7.81. The average molecular weight is 342 g/mol. The molecule has 3 atom stereocenters. The van der Waals surface area contributed by atoms with E-state index in [0.29, 0.717) is 12.0 Å². The Morgan fingerprint density at radius 2 is 2.10 bits per heavy atom. The molecule has 3 heteroatoms. The first-order valence-corrected chi connectivity index (χ1v) is 8.60. The first-order chi connectivity index (χ1) is 9.63. The second kappa shape index (κ2) is 7.56. The lowest BCUT2D eigenvalue weighted by atomic mass is 9.74. The van der Waals surface area contributed by atoms with Crippen LogP contribution in [0.3, 0.4) is 0 Å². The standard InChI is InChI=1S/C17H25BrFN/c1-3-12-5-8-17(20-4-2)14(9-12)10-13-11-15(19)6-7-16(13)18/h6-7,11-12,14,17,20H,3-5,8-10H2,1-2H3. The van der Waals surface area contributed by atoms with Gasteiger partial charge in [-0.3, -0.25) is 0 Å². The summed E-state index contributed by atoms with van der Waals surface area (Å²) in [4.78, 5) is 0. The summed E-state index contributed by atoms with van der Waals surface area (Å²) < 4.78 is 14.5. The van der Waals surface area contributed by atoms with Crippen molar-refractivity contribution >= 4 is 15.9 Å². The monoisotopic (exact) mass is 341 g/mol. The molecule has 1 nitrogen and oxygen atoms in total. The van der Waals surface area contributed by atoms with Crippen LogP contribution in [0.15, 0.2) is 22.7 Å². The topological polar surface area (TPSA) is 12.0 Å². The van der Waals surface area contributed by atoms with E-state index >= 15 is 0 Å². The van der Waals surface area contributed by atoms with E-state index in [1.54, 1.807) is 6.07 Å². The van der Waals surface area contributed by atoms with Gasteiger partial charge in [0.2, 0.25) is 0 Å². The van der Waals surface area contributed by atoms with Crippen LogP contribution in [-0.4, -0.2) is 12.6 Å². The number of halogens is 2. The van der Waals surface area contributed by atoms with Crippen LogP contribution >= 0.6 is 15.9 Å². The van der Waals surface area contributed by atoms with E-state index in [1.807, 2.05) is 6.07 Å². The van der Waals surface area contributed by atoms with Gasteiger partial charge in [0.25, 0.3) is 0 Å². The lowest BCUT2D eigenvalue weighted by Crippen LogP contribution is -2.41. The maximum Gasteiger partial charge on any atom is 0.123 e. The molecule has 1 fully saturated rings. The molecule has 20 heavy (non-hydrogen) atoms. The predicted molar refractivity (Wildman–Crippen MR) is 86.4 cm³/mol. The highest BCUT2D eigenvalue weighted by molar-refractivity contribution is 9.10. The minimum atomic E-state index is -0.133. The minimum Gasteiger partial charge on any atom is -0.314 e. The molecule has 0 aliphatic heterocycles. The summed E-state index contributed by atoms with van der Waals surface area (Å²) in [5.74, 6) is 1.32. The molecule has 0 bridgehead atoms. The molecule has 1 N–H and O–H groups in total. The summed E-state index contributed by atoms with van der Waals surface area (Å²) >= 11 is 3.56. The summed E-state index contributed by atoms with van der Waals surface area (Å²) in [5.41, 5.74) is 1.11. The molecule has 0 spiro atoms. The summed E-state index contributed by atoms with van der Waals surface area (Å²) in [6.07, 6.45) is 6.07. The maximum atomic E-state index is 13.5. The third-order valence-electron chi connectivity index (χ3n) is 4.62. The van der Waals surface area contributed by atoms with Gasteiger partial charge < -0.3 is 5.32 Å². The Morgan fingerprint density at radius 3 is 2.80 bits per heavy atom. The predicted octanol–water partition coefficient (Wildman–Crippen LogP) is 4.94. The quantitative estimate of drug-likeness (QED) is 0.800. The highest BCUT2D eigenvalue weighted by Crippen LogP contribution is 2.34. The average Bonchev–Trinajstić information content (AvgIpc) is 2.45. The fourth-order valence-electron chi connectivity index (χ4n) is 3.47. The van der Waals surface area contributed by atoms with Crippen molar-refractivity contribution in [1.82, 2.24) is 5.32 Å². The molecule has 1 aromatic rings. The van der Waals surface area contributed by atoms with Crippen molar-refractivity contribution in [2.75, 3.05) is 6.54 Å². The molecule has 0 amide bonds. The van der Waals surface area contributed by atoms with E-state index in [1.165, 1.54) is 31.7 Å². The lowest BCUT2D eigenvalue weighted by Gasteiger charge is -2.36. The van der Waals surface area contributed by atoms with Crippen molar-refractivity contribution in [3.8, 4) is 0 Å². The number of benzene rings is 1. The van der Waals surface area contributed by atoms with Gasteiger partial charge in [-0.1, -0.05) is 36.2 Å². The zero-order valence-corrected chi connectivity index (χ0v) is 14.0. The Balaban J connectivity index is 2.11. The van der Waals surface area contributed by atoms with Gasteiger partial charge in [0.15, 0.2) is 0 Å². The molecule has 0 aromatic heterocycles. The molecule has 0 saturated heterocycles. The van der Waals surface area contributed by atoms with Gasteiger partial charge in [0.05, 0.1) is 0 Å². The Hall–Kier alpha value is -0.410. The molecule has 2 rings (SSSR count). The Morgan fingerprint density at radius 1 is 1.30 bits per heavy atom. The van der Waals surface area contributed by atoms with Crippen molar-refractivity contribution in [2.24, 2.45) is 11.8 Å². The van der Waals surface area contributed by atoms with Crippen LogP contribution in [0.5, 0.6) is 0 Å². The van der Waals surface area contributed by atoms with Crippen LogP contribution in [-0.2, 0) is 6.42 Å². The van der Waals surface area contributed by atoms with E-state index in [-0.39, 0.29) is 5.82 Å². The molecular formula is C17H25BrFN. The van der Waals surface area contributed by atoms with Gasteiger partial charge in [-0.25, -0.2) is 4.39 Å². The number of hydrogen-bond donors (Lipinski definition) is 1. The Bertz CT molecular complexity index is 435. The molecule has 0 heterocycles. The van der Waals surface area contributed by atoms with E-state index in [9.17, 15) is 4.39 Å². The van der Waals surface area contributed by atoms with Crippen LogP contribution < -0.4 is 5.32 Å². The van der Waals surface area contributed by atoms with Gasteiger partial charge in [0.1, 0.15) is 5.82 Å². The normalized spacial score (nSPS) is 26.7. The lowest BCUT2D eigenvalue weighted by molar-refractivity contribution is 0.199. The van der Waals surface area contributed by atoms with Crippen LogP contribution in [0.4, 0.5) is 4.39 Å². The van der Waals surface area contributed by atoms with Crippen molar-refractivity contribution in [3.63, 3.8) is 0 Å². The largest absolute Gasteiger partial charge is 0.314 e. The zero-order valence-electron chi connectivity index (χ0n) is 12.5. The second-order valence-electron chi connectivity index (χ2n) is 5.95. The Labute approximate surface area is 130 Å². The second-order valence-corrected chi connectivity index (χ2v) is 6.81. The zero-order chi connectivity index (χ0) is 14.5. The molecule has 1 aliphatic rings. The molecule has 3 unspecified atom stereocenters. The van der Waals surface area contributed by atoms with Gasteiger partial charge in [-0.15, -0.1) is 0 Å². The van der Waals surface area contributed by atoms with Crippen LogP contribution in [0, 0.1) is 17.7 Å². The smallest absolute Gasteiger partial charge is 0.123 e. The van der Waals surface area contributed by atoms with Gasteiger partial charge in [-0.2, -0.15) is 0 Å². The fraction of sp³-hybridized carbons (Fsp3) is 0.647. The number of hydrogen-bond acceptors (Lipinski definition) is 1. The highest BCUT2D eigenvalue weighted by atomic mass is 79.9. The maximum absolute atomic E-state index is 13.5. The van der Waals surface area contributed by atoms with Gasteiger partial charge in [-0.05, 0) is 67.8 Å². The molecule has 1 aromatic carbocycles. The molecule has 112 valence electrons. The third-order valence-corrected chi connectivity index (χ3v) is 5.40. The van der Waals surface area contributed by atoms with E-state index in [0.717, 1.165) is 28.9 Å². The van der Waals surface area contributed by atoms with Crippen LogP contribution in [0.25, 0.3) is 0 Å². The fourth-order valence-corrected chi connectivity index (χ4v) is 3.88. The van der Waals surface area contributed by atoms with Crippen LogP contribution in [0.1, 0.15) is 45.1 Å². The SMILES string of the molecule is CCNC1CCC(CC)CC1Cc1cc(F)ccc1Br. The minimum absolute atomic E-state index is 0.133. The van der Waals surface area contributed by atoms with E-state index < -0.39 is 0 Å². The molecular weight excluding hydrogens is 317 g/mol. The van der Waals surface area contributed by atoms with Crippen molar-refractivity contribution < 1.29 is 4.39 Å². The van der Waals surface area contributed by atoms with Crippen molar-refractivity contribution in [2.45, 2.75) is 52.0 Å². The number of nitrogens with one attached hydrogen (secondary N) is 1. The van der Waals surface area contributed by atoms with E-state index in [4.69, 9.17) is 0 Å². The summed E-state index contributed by atoms with van der Waals surface area (Å²) in [6.45, 7) is 5.47. The first kappa shape index (κ1) is 16.0. The summed E-state index contributed by atoms with van der Waals surface area (Å²) in [6, 6.07) is 5.61. The third kappa shape index (κ3) is 4.05. The highest BCUT2D eigenvalue weighted by Gasteiger charge is 2.29.